The molecule has 0 unspecified atom stereocenters. The second-order valence-corrected chi connectivity index (χ2v) is 5.60. The van der Waals surface area contributed by atoms with Gasteiger partial charge in [-0.3, -0.25) is 0 Å². The SMILES string of the molecule is CCNC(=NCc1nncn1CC)NCCc1ccc(C(F)(F)F)cc1.I. The van der Waals surface area contributed by atoms with Gasteiger partial charge in [0.05, 0.1) is 5.56 Å². The fraction of sp³-hybridized carbons (Fsp3) is 0.471. The van der Waals surface area contributed by atoms with E-state index in [0.717, 1.165) is 30.1 Å². The lowest BCUT2D eigenvalue weighted by Crippen LogP contribution is -2.38. The molecule has 2 aromatic rings. The van der Waals surface area contributed by atoms with E-state index < -0.39 is 11.7 Å². The number of aliphatic imine (C=N–C) groups is 1. The van der Waals surface area contributed by atoms with Gasteiger partial charge in [-0.1, -0.05) is 12.1 Å². The molecule has 0 aliphatic heterocycles. The smallest absolute Gasteiger partial charge is 0.357 e. The van der Waals surface area contributed by atoms with Crippen molar-refractivity contribution < 1.29 is 13.2 Å². The summed E-state index contributed by atoms with van der Waals surface area (Å²) in [6.45, 7) is 6.38. The summed E-state index contributed by atoms with van der Waals surface area (Å²) in [6.07, 6.45) is -2.05. The fourth-order valence-corrected chi connectivity index (χ4v) is 2.34. The summed E-state index contributed by atoms with van der Waals surface area (Å²) in [5.74, 6) is 1.40. The molecule has 1 aromatic carbocycles. The zero-order valence-corrected chi connectivity index (χ0v) is 17.6. The zero-order chi connectivity index (χ0) is 19.0. The molecule has 0 radical (unpaired) electrons. The van der Waals surface area contributed by atoms with E-state index in [0.29, 0.717) is 32.0 Å². The molecule has 2 N–H and O–H groups in total. The molecule has 1 heterocycles. The van der Waals surface area contributed by atoms with Gasteiger partial charge in [-0.2, -0.15) is 13.2 Å². The van der Waals surface area contributed by atoms with Crippen LogP contribution in [-0.4, -0.2) is 33.8 Å². The predicted octanol–water partition coefficient (Wildman–Crippen LogP) is 3.23. The van der Waals surface area contributed by atoms with Gasteiger partial charge in [0.25, 0.3) is 0 Å². The van der Waals surface area contributed by atoms with Gasteiger partial charge in [0.15, 0.2) is 11.8 Å². The number of aryl methyl sites for hydroxylation is 1. The molecule has 27 heavy (non-hydrogen) atoms. The van der Waals surface area contributed by atoms with Gasteiger partial charge in [0, 0.05) is 19.6 Å². The Bertz CT molecular complexity index is 712. The van der Waals surface area contributed by atoms with E-state index in [1.165, 1.54) is 12.1 Å². The number of hydrogen-bond acceptors (Lipinski definition) is 3. The molecule has 1 aromatic heterocycles. The van der Waals surface area contributed by atoms with Gasteiger partial charge in [0.1, 0.15) is 12.9 Å². The number of nitrogens with one attached hydrogen (secondary N) is 2. The van der Waals surface area contributed by atoms with E-state index in [9.17, 15) is 13.2 Å². The topological polar surface area (TPSA) is 67.1 Å². The largest absolute Gasteiger partial charge is 0.416 e. The molecule has 10 heteroatoms. The van der Waals surface area contributed by atoms with E-state index in [4.69, 9.17) is 0 Å². The number of hydrogen-bond donors (Lipinski definition) is 2. The van der Waals surface area contributed by atoms with Crippen LogP contribution in [0.1, 0.15) is 30.8 Å². The van der Waals surface area contributed by atoms with Crippen molar-refractivity contribution in [2.24, 2.45) is 4.99 Å². The average Bonchev–Trinajstić information content (AvgIpc) is 3.07. The predicted molar refractivity (Wildman–Crippen MR) is 109 cm³/mol. The van der Waals surface area contributed by atoms with Crippen molar-refractivity contribution in [3.05, 3.63) is 47.5 Å². The summed E-state index contributed by atoms with van der Waals surface area (Å²) in [5.41, 5.74) is 0.191. The Morgan fingerprint density at radius 2 is 1.85 bits per heavy atom. The maximum absolute atomic E-state index is 12.6. The molecule has 150 valence electrons. The quantitative estimate of drug-likeness (QED) is 0.351. The van der Waals surface area contributed by atoms with Crippen LogP contribution >= 0.6 is 24.0 Å². The van der Waals surface area contributed by atoms with Crippen molar-refractivity contribution in [1.82, 2.24) is 25.4 Å². The minimum Gasteiger partial charge on any atom is -0.357 e. The van der Waals surface area contributed by atoms with Crippen LogP contribution in [-0.2, 0) is 25.7 Å². The molecule has 0 saturated heterocycles. The molecule has 6 nitrogen and oxygen atoms in total. The summed E-state index contributed by atoms with van der Waals surface area (Å²) in [7, 11) is 0. The van der Waals surface area contributed by atoms with Crippen LogP contribution in [0.3, 0.4) is 0 Å². The lowest BCUT2D eigenvalue weighted by atomic mass is 10.1. The monoisotopic (exact) mass is 496 g/mol. The Labute approximate surface area is 173 Å². The molecule has 0 amide bonds. The van der Waals surface area contributed by atoms with E-state index in [1.807, 2.05) is 18.4 Å². The maximum atomic E-state index is 12.6. The first-order chi connectivity index (χ1) is 12.4. The Kier molecular flexibility index (Phi) is 9.53. The molecular weight excluding hydrogens is 472 g/mol. The first kappa shape index (κ1) is 23.2. The highest BCUT2D eigenvalue weighted by Crippen LogP contribution is 2.29. The van der Waals surface area contributed by atoms with Crippen LogP contribution in [0, 0.1) is 0 Å². The number of nitrogens with zero attached hydrogens (tertiary/aromatic N) is 4. The fourth-order valence-electron chi connectivity index (χ4n) is 2.34. The van der Waals surface area contributed by atoms with E-state index in [2.05, 4.69) is 25.8 Å². The Balaban J connectivity index is 0.00000364. The normalized spacial score (nSPS) is 11.8. The van der Waals surface area contributed by atoms with Gasteiger partial charge in [-0.25, -0.2) is 4.99 Å². The first-order valence-corrected chi connectivity index (χ1v) is 8.49. The molecule has 0 spiro atoms. The third kappa shape index (κ3) is 7.35. The number of aromatic nitrogens is 3. The van der Waals surface area contributed by atoms with Crippen LogP contribution < -0.4 is 10.6 Å². The van der Waals surface area contributed by atoms with Crippen molar-refractivity contribution in [2.45, 2.75) is 39.5 Å². The van der Waals surface area contributed by atoms with Gasteiger partial charge < -0.3 is 15.2 Å². The van der Waals surface area contributed by atoms with Crippen molar-refractivity contribution in [2.75, 3.05) is 13.1 Å². The van der Waals surface area contributed by atoms with Crippen LogP contribution in [0.5, 0.6) is 0 Å². The van der Waals surface area contributed by atoms with E-state index in [-0.39, 0.29) is 24.0 Å². The summed E-state index contributed by atoms with van der Waals surface area (Å²) in [5, 5.41) is 14.2. The molecule has 2 rings (SSSR count). The molecule has 0 bridgehead atoms. The molecule has 0 saturated carbocycles. The van der Waals surface area contributed by atoms with Crippen LogP contribution in [0.4, 0.5) is 13.2 Å². The number of alkyl halides is 3. The molecule has 0 aliphatic rings. The van der Waals surface area contributed by atoms with E-state index >= 15 is 0 Å². The Hall–Kier alpha value is -1.85. The lowest BCUT2D eigenvalue weighted by Gasteiger charge is -2.12. The molecular formula is C17H24F3IN6. The standard InChI is InChI=1S/C17H23F3N6.HI/c1-3-21-16(23-11-15-25-24-12-26(15)4-2)22-10-9-13-5-7-14(8-6-13)17(18,19)20;/h5-8,12H,3-4,9-11H2,1-2H3,(H2,21,22,23);1H. The molecule has 0 aliphatic carbocycles. The minimum atomic E-state index is -4.30. The van der Waals surface area contributed by atoms with Crippen LogP contribution in [0.25, 0.3) is 0 Å². The average molecular weight is 496 g/mol. The summed E-state index contributed by atoms with van der Waals surface area (Å²) in [4.78, 5) is 4.46. The van der Waals surface area contributed by atoms with Gasteiger partial charge in [-0.15, -0.1) is 34.2 Å². The third-order valence-corrected chi connectivity index (χ3v) is 3.75. The maximum Gasteiger partial charge on any atom is 0.416 e. The van der Waals surface area contributed by atoms with Crippen LogP contribution in [0.15, 0.2) is 35.6 Å². The molecule has 0 fully saturated rings. The summed E-state index contributed by atoms with van der Waals surface area (Å²) < 4.78 is 39.6. The minimum absolute atomic E-state index is 0. The van der Waals surface area contributed by atoms with Crippen molar-refractivity contribution >= 4 is 29.9 Å². The first-order valence-electron chi connectivity index (χ1n) is 8.49. The third-order valence-electron chi connectivity index (χ3n) is 3.75. The van der Waals surface area contributed by atoms with Gasteiger partial charge in [-0.05, 0) is 38.0 Å². The zero-order valence-electron chi connectivity index (χ0n) is 15.3. The second-order valence-electron chi connectivity index (χ2n) is 5.60. The number of guanidine groups is 1. The highest BCUT2D eigenvalue weighted by atomic mass is 127. The van der Waals surface area contributed by atoms with Crippen molar-refractivity contribution in [1.29, 1.82) is 0 Å². The van der Waals surface area contributed by atoms with Gasteiger partial charge >= 0.3 is 6.18 Å². The van der Waals surface area contributed by atoms with Gasteiger partial charge in [0.2, 0.25) is 0 Å². The van der Waals surface area contributed by atoms with Crippen molar-refractivity contribution in [3.8, 4) is 0 Å². The van der Waals surface area contributed by atoms with Crippen molar-refractivity contribution in [3.63, 3.8) is 0 Å². The highest BCUT2D eigenvalue weighted by molar-refractivity contribution is 14.0. The highest BCUT2D eigenvalue weighted by Gasteiger charge is 2.29. The number of benzene rings is 1. The Morgan fingerprint density at radius 3 is 2.44 bits per heavy atom. The second kappa shape index (κ2) is 11.1. The Morgan fingerprint density at radius 1 is 1.15 bits per heavy atom. The summed E-state index contributed by atoms with van der Waals surface area (Å²) in [6, 6.07) is 5.20. The number of halogens is 4. The molecule has 0 atom stereocenters. The summed E-state index contributed by atoms with van der Waals surface area (Å²) >= 11 is 0. The lowest BCUT2D eigenvalue weighted by molar-refractivity contribution is -0.137. The van der Waals surface area contributed by atoms with E-state index in [1.54, 1.807) is 6.33 Å². The van der Waals surface area contributed by atoms with Crippen LogP contribution in [0.2, 0.25) is 0 Å². The number of rotatable bonds is 7.